The van der Waals surface area contributed by atoms with Crippen LogP contribution in [0, 0.1) is 0 Å². The Morgan fingerprint density at radius 2 is 2.21 bits per heavy atom. The molecule has 3 nitrogen and oxygen atoms in total. The number of nitrogens with one attached hydrogen (secondary N) is 1. The molecule has 0 fully saturated rings. The summed E-state index contributed by atoms with van der Waals surface area (Å²) in [7, 11) is 0. The standard InChI is InChI=1S/C15H20N2OS/c1-4-18-13-7-5-6-12(10-13)14(17-11(2)3)15-16-8-9-19-15/h5-11,14,17H,4H2,1-3H3. The number of benzene rings is 1. The predicted molar refractivity (Wildman–Crippen MR) is 79.8 cm³/mol. The molecule has 1 heterocycles. The zero-order valence-corrected chi connectivity index (χ0v) is 12.4. The fourth-order valence-electron chi connectivity index (χ4n) is 1.97. The van der Waals surface area contributed by atoms with E-state index in [1.165, 1.54) is 5.56 Å². The minimum atomic E-state index is 0.125. The molecular weight excluding hydrogens is 256 g/mol. The first-order chi connectivity index (χ1) is 9.20. The number of nitrogens with zero attached hydrogens (tertiary/aromatic N) is 1. The van der Waals surface area contributed by atoms with E-state index in [2.05, 4.69) is 36.3 Å². The SMILES string of the molecule is CCOc1cccc(C(NC(C)C)c2nccs2)c1. The fourth-order valence-corrected chi connectivity index (χ4v) is 2.69. The van der Waals surface area contributed by atoms with Crippen molar-refractivity contribution in [3.63, 3.8) is 0 Å². The zero-order chi connectivity index (χ0) is 13.7. The van der Waals surface area contributed by atoms with E-state index in [1.807, 2.05) is 30.6 Å². The van der Waals surface area contributed by atoms with Crippen LogP contribution in [0.3, 0.4) is 0 Å². The summed E-state index contributed by atoms with van der Waals surface area (Å²) in [6.45, 7) is 6.97. The van der Waals surface area contributed by atoms with Gasteiger partial charge < -0.3 is 10.1 Å². The van der Waals surface area contributed by atoms with Crippen molar-refractivity contribution in [3.05, 3.63) is 46.4 Å². The maximum absolute atomic E-state index is 5.57. The summed E-state index contributed by atoms with van der Waals surface area (Å²) in [4.78, 5) is 4.44. The van der Waals surface area contributed by atoms with Crippen LogP contribution in [-0.4, -0.2) is 17.6 Å². The van der Waals surface area contributed by atoms with E-state index in [1.54, 1.807) is 11.3 Å². The first-order valence-electron chi connectivity index (χ1n) is 6.59. The van der Waals surface area contributed by atoms with Gasteiger partial charge >= 0.3 is 0 Å². The molecule has 0 amide bonds. The Balaban J connectivity index is 2.29. The lowest BCUT2D eigenvalue weighted by Crippen LogP contribution is -2.28. The van der Waals surface area contributed by atoms with Crippen molar-refractivity contribution in [2.75, 3.05) is 6.61 Å². The second kappa shape index (κ2) is 6.68. The molecule has 102 valence electrons. The first-order valence-corrected chi connectivity index (χ1v) is 7.47. The van der Waals surface area contributed by atoms with Crippen molar-refractivity contribution in [3.8, 4) is 5.75 Å². The Bertz CT molecular complexity index is 497. The summed E-state index contributed by atoms with van der Waals surface area (Å²) in [5.74, 6) is 0.909. The van der Waals surface area contributed by atoms with Gasteiger partial charge in [-0.3, -0.25) is 0 Å². The molecule has 1 N–H and O–H groups in total. The molecule has 4 heteroatoms. The minimum Gasteiger partial charge on any atom is -0.494 e. The highest BCUT2D eigenvalue weighted by molar-refractivity contribution is 7.09. The van der Waals surface area contributed by atoms with Crippen LogP contribution in [0.5, 0.6) is 5.75 Å². The summed E-state index contributed by atoms with van der Waals surface area (Å²) >= 11 is 1.67. The van der Waals surface area contributed by atoms with Crippen molar-refractivity contribution < 1.29 is 4.74 Å². The number of aromatic nitrogens is 1. The third-order valence-electron chi connectivity index (χ3n) is 2.70. The highest BCUT2D eigenvalue weighted by Gasteiger charge is 2.17. The van der Waals surface area contributed by atoms with Crippen molar-refractivity contribution in [1.82, 2.24) is 10.3 Å². The third-order valence-corrected chi connectivity index (χ3v) is 3.54. The average Bonchev–Trinajstić information content (AvgIpc) is 2.90. The molecule has 0 aliphatic heterocycles. The van der Waals surface area contributed by atoms with Crippen molar-refractivity contribution in [1.29, 1.82) is 0 Å². The molecule has 0 aliphatic rings. The number of thiazole rings is 1. The summed E-state index contributed by atoms with van der Waals surface area (Å²) in [5.41, 5.74) is 1.19. The van der Waals surface area contributed by atoms with Gasteiger partial charge in [-0.05, 0) is 38.5 Å². The number of rotatable bonds is 6. The number of ether oxygens (including phenoxy) is 1. The van der Waals surface area contributed by atoms with Crippen LogP contribution in [0.15, 0.2) is 35.8 Å². The highest BCUT2D eigenvalue weighted by Crippen LogP contribution is 2.27. The van der Waals surface area contributed by atoms with Gasteiger partial charge in [-0.2, -0.15) is 0 Å². The Hall–Kier alpha value is -1.39. The summed E-state index contributed by atoms with van der Waals surface area (Å²) in [6, 6.07) is 8.74. The maximum Gasteiger partial charge on any atom is 0.119 e. The molecular formula is C15H20N2OS. The average molecular weight is 276 g/mol. The molecule has 0 aliphatic carbocycles. The van der Waals surface area contributed by atoms with Crippen molar-refractivity contribution >= 4 is 11.3 Å². The largest absolute Gasteiger partial charge is 0.494 e. The second-order valence-electron chi connectivity index (χ2n) is 4.63. The van der Waals surface area contributed by atoms with Gasteiger partial charge in [0, 0.05) is 17.6 Å². The topological polar surface area (TPSA) is 34.1 Å². The monoisotopic (exact) mass is 276 g/mol. The molecule has 0 spiro atoms. The molecule has 1 atom stereocenters. The fraction of sp³-hybridized carbons (Fsp3) is 0.400. The van der Waals surface area contributed by atoms with Crippen LogP contribution in [0.2, 0.25) is 0 Å². The molecule has 19 heavy (non-hydrogen) atoms. The van der Waals surface area contributed by atoms with Gasteiger partial charge in [-0.25, -0.2) is 4.98 Å². The van der Waals surface area contributed by atoms with Crippen molar-refractivity contribution in [2.45, 2.75) is 32.9 Å². The van der Waals surface area contributed by atoms with E-state index in [4.69, 9.17) is 4.74 Å². The van der Waals surface area contributed by atoms with Crippen LogP contribution in [0.1, 0.15) is 37.4 Å². The van der Waals surface area contributed by atoms with Gasteiger partial charge in [0.15, 0.2) is 0 Å². The Morgan fingerprint density at radius 3 is 2.84 bits per heavy atom. The maximum atomic E-state index is 5.57. The van der Waals surface area contributed by atoms with Crippen LogP contribution < -0.4 is 10.1 Å². The van der Waals surface area contributed by atoms with E-state index in [0.717, 1.165) is 10.8 Å². The molecule has 2 rings (SSSR count). The molecule has 0 saturated heterocycles. The Labute approximate surface area is 118 Å². The Kier molecular flexibility index (Phi) is 4.93. The summed E-state index contributed by atoms with van der Waals surface area (Å²) in [5, 5.41) is 6.66. The number of hydrogen-bond acceptors (Lipinski definition) is 4. The molecule has 2 aromatic rings. The normalized spacial score (nSPS) is 12.6. The van der Waals surface area contributed by atoms with E-state index in [9.17, 15) is 0 Å². The van der Waals surface area contributed by atoms with E-state index in [-0.39, 0.29) is 6.04 Å². The van der Waals surface area contributed by atoms with E-state index < -0.39 is 0 Å². The van der Waals surface area contributed by atoms with E-state index >= 15 is 0 Å². The lowest BCUT2D eigenvalue weighted by Gasteiger charge is -2.20. The molecule has 1 unspecified atom stereocenters. The predicted octanol–water partition coefficient (Wildman–Crippen LogP) is 3.63. The van der Waals surface area contributed by atoms with Gasteiger partial charge in [0.25, 0.3) is 0 Å². The van der Waals surface area contributed by atoms with Crippen LogP contribution in [-0.2, 0) is 0 Å². The molecule has 0 saturated carbocycles. The smallest absolute Gasteiger partial charge is 0.119 e. The van der Waals surface area contributed by atoms with Gasteiger partial charge in [0.05, 0.1) is 12.6 Å². The van der Waals surface area contributed by atoms with E-state index in [0.29, 0.717) is 12.6 Å². The Morgan fingerprint density at radius 1 is 1.37 bits per heavy atom. The number of hydrogen-bond donors (Lipinski definition) is 1. The van der Waals surface area contributed by atoms with Gasteiger partial charge in [-0.15, -0.1) is 11.3 Å². The van der Waals surface area contributed by atoms with Crippen molar-refractivity contribution in [2.24, 2.45) is 0 Å². The molecule has 1 aromatic heterocycles. The third kappa shape index (κ3) is 3.78. The first kappa shape index (κ1) is 14.0. The van der Waals surface area contributed by atoms with Gasteiger partial charge in [-0.1, -0.05) is 12.1 Å². The van der Waals surface area contributed by atoms with Crippen LogP contribution >= 0.6 is 11.3 Å². The lowest BCUT2D eigenvalue weighted by molar-refractivity contribution is 0.339. The molecule has 0 radical (unpaired) electrons. The second-order valence-corrected chi connectivity index (χ2v) is 5.56. The quantitative estimate of drug-likeness (QED) is 0.875. The summed E-state index contributed by atoms with van der Waals surface area (Å²) < 4.78 is 5.57. The summed E-state index contributed by atoms with van der Waals surface area (Å²) in [6.07, 6.45) is 1.85. The zero-order valence-electron chi connectivity index (χ0n) is 11.6. The van der Waals surface area contributed by atoms with Gasteiger partial charge in [0.2, 0.25) is 0 Å². The minimum absolute atomic E-state index is 0.125. The molecule has 0 bridgehead atoms. The van der Waals surface area contributed by atoms with Crippen LogP contribution in [0.25, 0.3) is 0 Å². The highest BCUT2D eigenvalue weighted by atomic mass is 32.1. The van der Waals surface area contributed by atoms with Crippen LogP contribution in [0.4, 0.5) is 0 Å². The van der Waals surface area contributed by atoms with Gasteiger partial charge in [0.1, 0.15) is 10.8 Å². The molecule has 1 aromatic carbocycles. The lowest BCUT2D eigenvalue weighted by atomic mass is 10.1.